The number of primary amides is 1. The SMILES string of the molecule is CNc1ncc(Cl)c(N(C)CC(N)=O)n1. The van der Waals surface area contributed by atoms with Gasteiger partial charge in [-0.1, -0.05) is 11.6 Å². The number of anilines is 2. The van der Waals surface area contributed by atoms with Crippen LogP contribution in [-0.4, -0.2) is 36.5 Å². The van der Waals surface area contributed by atoms with Gasteiger partial charge in [-0.2, -0.15) is 4.98 Å². The van der Waals surface area contributed by atoms with Crippen LogP contribution in [0.3, 0.4) is 0 Å². The molecule has 0 spiro atoms. The summed E-state index contributed by atoms with van der Waals surface area (Å²) in [6, 6.07) is 0. The van der Waals surface area contributed by atoms with Crippen molar-refractivity contribution >= 4 is 29.3 Å². The molecule has 0 unspecified atom stereocenters. The molecule has 0 fully saturated rings. The lowest BCUT2D eigenvalue weighted by Crippen LogP contribution is -2.31. The van der Waals surface area contributed by atoms with Gasteiger partial charge in [-0.15, -0.1) is 0 Å². The van der Waals surface area contributed by atoms with Crippen LogP contribution in [0.2, 0.25) is 5.02 Å². The highest BCUT2D eigenvalue weighted by Gasteiger charge is 2.11. The van der Waals surface area contributed by atoms with Crippen LogP contribution in [0.15, 0.2) is 6.20 Å². The molecular formula is C8H12ClN5O. The van der Waals surface area contributed by atoms with Crippen molar-refractivity contribution in [1.82, 2.24) is 9.97 Å². The van der Waals surface area contributed by atoms with Crippen LogP contribution in [0.5, 0.6) is 0 Å². The summed E-state index contributed by atoms with van der Waals surface area (Å²) in [4.78, 5) is 20.3. The van der Waals surface area contributed by atoms with E-state index in [1.807, 2.05) is 0 Å². The molecule has 1 amide bonds. The Morgan fingerprint density at radius 3 is 2.93 bits per heavy atom. The van der Waals surface area contributed by atoms with Gasteiger partial charge in [0.25, 0.3) is 0 Å². The number of carbonyl (C=O) groups is 1. The van der Waals surface area contributed by atoms with Crippen LogP contribution in [-0.2, 0) is 4.79 Å². The summed E-state index contributed by atoms with van der Waals surface area (Å²) in [5, 5.41) is 3.15. The normalized spacial score (nSPS) is 9.80. The molecule has 0 aromatic carbocycles. The predicted octanol–water partition coefficient (Wildman–Crippen LogP) is 0.0932. The zero-order valence-corrected chi connectivity index (χ0v) is 9.25. The summed E-state index contributed by atoms with van der Waals surface area (Å²) in [7, 11) is 3.37. The first-order valence-electron chi connectivity index (χ1n) is 4.24. The molecule has 3 N–H and O–H groups in total. The number of likely N-dealkylation sites (N-methyl/N-ethyl adjacent to an activating group) is 1. The highest BCUT2D eigenvalue weighted by atomic mass is 35.5. The van der Waals surface area contributed by atoms with E-state index in [9.17, 15) is 4.79 Å². The van der Waals surface area contributed by atoms with Gasteiger partial charge in [-0.25, -0.2) is 4.98 Å². The summed E-state index contributed by atoms with van der Waals surface area (Å²) < 4.78 is 0. The minimum Gasteiger partial charge on any atom is -0.368 e. The molecule has 1 rings (SSSR count). The summed E-state index contributed by atoms with van der Waals surface area (Å²) in [5.74, 6) is 0.457. The molecule has 7 heteroatoms. The molecule has 82 valence electrons. The van der Waals surface area contributed by atoms with E-state index in [4.69, 9.17) is 17.3 Å². The van der Waals surface area contributed by atoms with Gasteiger partial charge >= 0.3 is 0 Å². The van der Waals surface area contributed by atoms with E-state index in [1.54, 1.807) is 19.0 Å². The average Bonchev–Trinajstić information content (AvgIpc) is 2.17. The van der Waals surface area contributed by atoms with E-state index in [-0.39, 0.29) is 6.54 Å². The van der Waals surface area contributed by atoms with Crippen molar-refractivity contribution in [3.05, 3.63) is 11.2 Å². The third-order valence-electron chi connectivity index (χ3n) is 1.70. The Labute approximate surface area is 92.4 Å². The van der Waals surface area contributed by atoms with Gasteiger partial charge in [0, 0.05) is 14.1 Å². The van der Waals surface area contributed by atoms with E-state index in [2.05, 4.69) is 15.3 Å². The second kappa shape index (κ2) is 4.79. The highest BCUT2D eigenvalue weighted by Crippen LogP contribution is 2.22. The molecule has 0 aliphatic heterocycles. The molecule has 0 saturated carbocycles. The first-order chi connectivity index (χ1) is 7.04. The first-order valence-corrected chi connectivity index (χ1v) is 4.62. The fourth-order valence-electron chi connectivity index (χ4n) is 1.05. The molecule has 1 heterocycles. The van der Waals surface area contributed by atoms with Gasteiger partial charge in [-0.3, -0.25) is 4.79 Å². The van der Waals surface area contributed by atoms with Gasteiger partial charge < -0.3 is 16.0 Å². The smallest absolute Gasteiger partial charge is 0.236 e. The van der Waals surface area contributed by atoms with Crippen molar-refractivity contribution in [1.29, 1.82) is 0 Å². The number of nitrogens with two attached hydrogens (primary N) is 1. The largest absolute Gasteiger partial charge is 0.368 e. The Balaban J connectivity index is 2.95. The topological polar surface area (TPSA) is 84.1 Å². The fourth-order valence-corrected chi connectivity index (χ4v) is 1.29. The summed E-state index contributed by atoms with van der Waals surface area (Å²) in [5.41, 5.74) is 5.07. The van der Waals surface area contributed by atoms with Crippen LogP contribution in [0, 0.1) is 0 Å². The van der Waals surface area contributed by atoms with E-state index >= 15 is 0 Å². The minimum absolute atomic E-state index is 0.0554. The van der Waals surface area contributed by atoms with E-state index in [0.717, 1.165) is 0 Å². The number of nitrogens with one attached hydrogen (secondary N) is 1. The number of nitrogens with zero attached hydrogens (tertiary/aromatic N) is 3. The summed E-state index contributed by atoms with van der Waals surface area (Å²) in [6.07, 6.45) is 1.47. The van der Waals surface area contributed by atoms with Crippen LogP contribution >= 0.6 is 11.6 Å². The second-order valence-corrected chi connectivity index (χ2v) is 3.34. The molecule has 0 aliphatic rings. The van der Waals surface area contributed by atoms with Gasteiger partial charge in [0.1, 0.15) is 5.02 Å². The number of hydrogen-bond acceptors (Lipinski definition) is 5. The number of rotatable bonds is 4. The number of carbonyl (C=O) groups excluding carboxylic acids is 1. The van der Waals surface area contributed by atoms with Crippen LogP contribution < -0.4 is 16.0 Å². The first kappa shape index (κ1) is 11.5. The van der Waals surface area contributed by atoms with Crippen molar-refractivity contribution in [2.24, 2.45) is 5.73 Å². The molecule has 0 bridgehead atoms. The molecule has 6 nitrogen and oxygen atoms in total. The maximum absolute atomic E-state index is 10.7. The van der Waals surface area contributed by atoms with Gasteiger partial charge in [-0.05, 0) is 0 Å². The summed E-state index contributed by atoms with van der Waals surface area (Å²) >= 11 is 5.88. The lowest BCUT2D eigenvalue weighted by Gasteiger charge is -2.17. The molecule has 0 radical (unpaired) electrons. The average molecular weight is 230 g/mol. The molecule has 0 saturated heterocycles. The summed E-state index contributed by atoms with van der Waals surface area (Å²) in [6.45, 7) is 0.0554. The quantitative estimate of drug-likeness (QED) is 0.765. The molecule has 1 aromatic heterocycles. The van der Waals surface area contributed by atoms with Crippen LogP contribution in [0.25, 0.3) is 0 Å². The predicted molar refractivity (Wildman–Crippen MR) is 59.1 cm³/mol. The molecule has 0 aliphatic carbocycles. The molecule has 1 aromatic rings. The Hall–Kier alpha value is -1.56. The van der Waals surface area contributed by atoms with Gasteiger partial charge in [0.15, 0.2) is 5.82 Å². The maximum Gasteiger partial charge on any atom is 0.236 e. The zero-order valence-electron chi connectivity index (χ0n) is 8.49. The van der Waals surface area contributed by atoms with Crippen molar-refractivity contribution in [3.63, 3.8) is 0 Å². The molecular weight excluding hydrogens is 218 g/mol. The van der Waals surface area contributed by atoms with Crippen LogP contribution in [0.4, 0.5) is 11.8 Å². The fraction of sp³-hybridized carbons (Fsp3) is 0.375. The van der Waals surface area contributed by atoms with Crippen molar-refractivity contribution < 1.29 is 4.79 Å². The number of halogens is 1. The monoisotopic (exact) mass is 229 g/mol. The second-order valence-electron chi connectivity index (χ2n) is 2.94. The standard InChI is InChI=1S/C8H12ClN5O/c1-11-8-12-3-5(9)7(13-8)14(2)4-6(10)15/h3H,4H2,1-2H3,(H2,10,15)(H,11,12,13). The Kier molecular flexibility index (Phi) is 3.68. The molecule has 0 atom stereocenters. The zero-order chi connectivity index (χ0) is 11.4. The molecule has 15 heavy (non-hydrogen) atoms. The van der Waals surface area contributed by atoms with Crippen molar-refractivity contribution in [2.45, 2.75) is 0 Å². The van der Waals surface area contributed by atoms with E-state index < -0.39 is 5.91 Å². The van der Waals surface area contributed by atoms with E-state index in [1.165, 1.54) is 6.20 Å². The van der Waals surface area contributed by atoms with E-state index in [0.29, 0.717) is 16.8 Å². The third-order valence-corrected chi connectivity index (χ3v) is 1.97. The van der Waals surface area contributed by atoms with Crippen molar-refractivity contribution in [2.75, 3.05) is 30.9 Å². The minimum atomic E-state index is -0.446. The third kappa shape index (κ3) is 2.95. The Bertz CT molecular complexity index is 370. The van der Waals surface area contributed by atoms with Gasteiger partial charge in [0.2, 0.25) is 11.9 Å². The Morgan fingerprint density at radius 2 is 2.40 bits per heavy atom. The lowest BCUT2D eigenvalue weighted by molar-refractivity contribution is -0.116. The van der Waals surface area contributed by atoms with Crippen LogP contribution in [0.1, 0.15) is 0 Å². The number of hydrogen-bond donors (Lipinski definition) is 2. The lowest BCUT2D eigenvalue weighted by atomic mass is 10.4. The Morgan fingerprint density at radius 1 is 1.73 bits per heavy atom. The van der Waals surface area contributed by atoms with Gasteiger partial charge in [0.05, 0.1) is 12.7 Å². The van der Waals surface area contributed by atoms with Crippen molar-refractivity contribution in [3.8, 4) is 0 Å². The highest BCUT2D eigenvalue weighted by molar-refractivity contribution is 6.32. The number of amides is 1. The number of aromatic nitrogens is 2. The maximum atomic E-state index is 10.7.